The fourth-order valence-electron chi connectivity index (χ4n) is 8.74. The summed E-state index contributed by atoms with van der Waals surface area (Å²) in [6.07, 6.45) is 16.1. The molecule has 9 heterocycles. The molecule has 0 spiro atoms. The van der Waals surface area contributed by atoms with Crippen LogP contribution in [0.1, 0.15) is 58.2 Å². The minimum Gasteiger partial charge on any atom is -1.00 e. The van der Waals surface area contributed by atoms with Gasteiger partial charge < -0.3 is 48.6 Å². The van der Waals surface area contributed by atoms with E-state index in [1.54, 1.807) is 67.2 Å². The molecule has 1 amide bonds. The van der Waals surface area contributed by atoms with Gasteiger partial charge in [-0.1, -0.05) is 121 Å². The first-order chi connectivity index (χ1) is 43.2. The summed E-state index contributed by atoms with van der Waals surface area (Å²) in [6.45, 7) is 4.89. The molecule has 0 bridgehead atoms. The number of hydrogen-bond acceptors (Lipinski definition) is 18. The van der Waals surface area contributed by atoms with Gasteiger partial charge in [0.2, 0.25) is 17.6 Å². The molecule has 0 unspecified atom stereocenters. The molecule has 8 aromatic heterocycles. The first kappa shape index (κ1) is 76.7. The van der Waals surface area contributed by atoms with Crippen LogP contribution in [0.5, 0.6) is 17.6 Å². The van der Waals surface area contributed by atoms with E-state index in [0.29, 0.717) is 46.0 Å². The number of H-pyrrole nitrogens is 1. The van der Waals surface area contributed by atoms with Crippen molar-refractivity contribution in [3.63, 3.8) is 0 Å². The van der Waals surface area contributed by atoms with Gasteiger partial charge in [0.1, 0.15) is 60.5 Å². The first-order valence-corrected chi connectivity index (χ1v) is 28.7. The molecule has 2 N–H and O–H groups in total. The number of halogens is 3. The standard InChI is InChI=1S/C16H16N4O3.C15H13N3O2.C14H11N3O2.C13H10IN3O.C4H8O.C2H7NO.CH3.2ClH.Mg/c1-19(23-3)16(21)12-10-20-13(15(18-12)22-2)9-17-14(20)11-7-5-4-6-8-11;1-10(19)12-9-18-13(15(17-12)20-2)8-16-14(18)11-6-4-3-5-7-11;1-9(18)11-8-17-12(14(19)16-11)7-15-13(17)10-5-3-2-4-6-10;1-18-13-10-7-15-12(9-5-3-2-4-6-9)17(10)8-11(14)16-13;1-2-4-5-3-1;1-3-4-2;;;;/h4-10H,1-3H3;3-9H,1-2H3;2-8H,1H3,(H,16,19);2-8H,1H3;1-4H2;3H,1-2H3;1H3;2*1H;/q;;;;;;-1;;;+2/p-1. The van der Waals surface area contributed by atoms with Gasteiger partial charge in [-0.15, -0.1) is 12.4 Å². The maximum atomic E-state index is 12.3. The molecule has 12 aromatic rings. The molecule has 0 saturated carbocycles. The smallest absolute Gasteiger partial charge is 1.00 e. The summed E-state index contributed by atoms with van der Waals surface area (Å²) in [5.74, 6) is 3.64. The summed E-state index contributed by atoms with van der Waals surface area (Å²) < 4.78 is 28.9. The summed E-state index contributed by atoms with van der Waals surface area (Å²) in [5.41, 5.74) is 9.51. The molecule has 0 radical (unpaired) electrons. The fourth-order valence-corrected chi connectivity index (χ4v) is 9.24. The average Bonchev–Trinajstić information content (AvgIpc) is 1.76. The average molecular weight is 1430 g/mol. The number of Topliss-reactive ketones (excluding diaryl/α,β-unsaturated/α-hetero) is 2. The van der Waals surface area contributed by atoms with Crippen LogP contribution in [-0.4, -0.2) is 166 Å². The quantitative estimate of drug-likeness (QED) is 0.0392. The Labute approximate surface area is 579 Å². The van der Waals surface area contributed by atoms with Crippen molar-refractivity contribution in [1.82, 2.24) is 68.0 Å². The van der Waals surface area contributed by atoms with Crippen LogP contribution in [0, 0.1) is 11.1 Å². The molecule has 0 aliphatic carbocycles. The van der Waals surface area contributed by atoms with Crippen LogP contribution in [0.25, 0.3) is 67.6 Å². The van der Waals surface area contributed by atoms with Crippen LogP contribution in [-0.2, 0) is 14.4 Å². The van der Waals surface area contributed by atoms with E-state index < -0.39 is 0 Å². The second-order valence-electron chi connectivity index (χ2n) is 19.0. The zero-order chi connectivity index (χ0) is 63.4. The van der Waals surface area contributed by atoms with E-state index in [2.05, 4.69) is 72.8 Å². The van der Waals surface area contributed by atoms with Gasteiger partial charge in [-0.2, -0.15) is 0 Å². The number of amides is 1. The van der Waals surface area contributed by atoms with Gasteiger partial charge in [0.15, 0.2) is 17.3 Å². The Morgan fingerprint density at radius 3 is 1.23 bits per heavy atom. The number of methoxy groups -OCH3 is 3. The number of fused-ring (bicyclic) bond motifs is 4. The number of aromatic nitrogens is 12. The number of imidazole rings is 4. The molecule has 4 aromatic carbocycles. The van der Waals surface area contributed by atoms with E-state index >= 15 is 0 Å². The van der Waals surface area contributed by atoms with Gasteiger partial charge in [-0.3, -0.25) is 41.6 Å². The Hall–Kier alpha value is -8.71. The van der Waals surface area contributed by atoms with Crippen molar-refractivity contribution in [2.45, 2.75) is 26.7 Å². The van der Waals surface area contributed by atoms with Crippen molar-refractivity contribution >= 4 is 97.6 Å². The van der Waals surface area contributed by atoms with E-state index in [-0.39, 0.29) is 89.7 Å². The molecule has 1 saturated heterocycles. The summed E-state index contributed by atoms with van der Waals surface area (Å²) >= 11 is 2.17. The Balaban J connectivity index is 0.000000250. The molecule has 13 rings (SSSR count). The van der Waals surface area contributed by atoms with Crippen LogP contribution >= 0.6 is 35.0 Å². The zero-order valence-corrected chi connectivity index (χ0v) is 58.0. The third-order valence-electron chi connectivity index (χ3n) is 13.2. The number of hydrogen-bond donors (Lipinski definition) is 2. The molecule has 0 atom stereocenters. The number of benzene rings is 4. The number of aromatic amines is 1. The van der Waals surface area contributed by atoms with Gasteiger partial charge in [0.05, 0.1) is 60.3 Å². The van der Waals surface area contributed by atoms with E-state index in [1.807, 2.05) is 136 Å². The van der Waals surface area contributed by atoms with E-state index in [9.17, 15) is 19.2 Å². The maximum absolute atomic E-state index is 12.3. The maximum Gasteiger partial charge on any atom is 2.00 e. The minimum atomic E-state index is -0.375. The number of ketones is 2. The molecule has 1 fully saturated rings. The van der Waals surface area contributed by atoms with Crippen LogP contribution in [0.4, 0.5) is 0 Å². The van der Waals surface area contributed by atoms with Crippen molar-refractivity contribution in [1.29, 1.82) is 0 Å². The Bertz CT molecular complexity index is 4380. The summed E-state index contributed by atoms with van der Waals surface area (Å²) in [6, 6.07) is 39.0. The molecule has 93 heavy (non-hydrogen) atoms. The Kier molecular flexibility index (Phi) is 31.1. The van der Waals surface area contributed by atoms with Gasteiger partial charge in [-0.25, -0.2) is 45.4 Å². The third-order valence-corrected chi connectivity index (χ3v) is 13.8. The predicted molar refractivity (Wildman–Crippen MR) is 364 cm³/mol. The van der Waals surface area contributed by atoms with Gasteiger partial charge in [0.25, 0.3) is 11.5 Å². The van der Waals surface area contributed by atoms with Crippen molar-refractivity contribution in [2.75, 3.05) is 62.9 Å². The van der Waals surface area contributed by atoms with Crippen LogP contribution in [0.2, 0.25) is 0 Å². The number of carbonyl (C=O) groups excluding carboxylic acids is 3. The molecule has 1 aliphatic heterocycles. The molecule has 28 heteroatoms. The van der Waals surface area contributed by atoms with Crippen molar-refractivity contribution in [3.8, 4) is 63.2 Å². The van der Waals surface area contributed by atoms with E-state index in [1.165, 1.54) is 61.3 Å². The number of hydroxylamine groups is 3. The van der Waals surface area contributed by atoms with Crippen LogP contribution in [0.3, 0.4) is 0 Å². The van der Waals surface area contributed by atoms with Gasteiger partial charge >= 0.3 is 23.1 Å². The Morgan fingerprint density at radius 2 is 0.892 bits per heavy atom. The van der Waals surface area contributed by atoms with E-state index in [0.717, 1.165) is 66.9 Å². The predicted octanol–water partition coefficient (Wildman–Crippen LogP) is 7.61. The van der Waals surface area contributed by atoms with Crippen molar-refractivity contribution < 1.29 is 55.4 Å². The number of ether oxygens (including phenoxy) is 4. The number of nitrogens with zero attached hydrogens (tertiary/aromatic N) is 12. The third kappa shape index (κ3) is 19.2. The van der Waals surface area contributed by atoms with Gasteiger partial charge in [0, 0.05) is 88.2 Å². The zero-order valence-electron chi connectivity index (χ0n) is 52.8. The van der Waals surface area contributed by atoms with Gasteiger partial charge in [-0.05, 0) is 35.4 Å². The van der Waals surface area contributed by atoms with Crippen LogP contribution < -0.4 is 37.7 Å². The number of rotatable bonds is 12. The monoisotopic (exact) mass is 1430 g/mol. The summed E-state index contributed by atoms with van der Waals surface area (Å²) in [4.78, 5) is 89.2. The fraction of sp³-hybridized carbons (Fsp3) is 0.200. The van der Waals surface area contributed by atoms with Crippen molar-refractivity contribution in [2.24, 2.45) is 0 Å². The molecule has 482 valence electrons. The number of carbonyl (C=O) groups is 3. The molecular formula is C65H69Cl2IMgN14O10. The topological polar surface area (TPSA) is 263 Å². The summed E-state index contributed by atoms with van der Waals surface area (Å²) in [5, 5.41) is 1.10. The minimum absolute atomic E-state index is 0. The summed E-state index contributed by atoms with van der Waals surface area (Å²) in [7, 11) is 10.9. The molecule has 24 nitrogen and oxygen atoms in total. The second kappa shape index (κ2) is 37.7. The Morgan fingerprint density at radius 1 is 0.548 bits per heavy atom. The first-order valence-electron chi connectivity index (χ1n) is 27.6. The van der Waals surface area contributed by atoms with E-state index in [4.69, 9.17) is 23.8 Å². The normalized spacial score (nSPS) is 10.9. The largest absolute Gasteiger partial charge is 2.00 e. The van der Waals surface area contributed by atoms with Crippen LogP contribution in [0.15, 0.2) is 176 Å². The SMILES string of the molecule is C1CCOC1.CC(=O)c1cn2c(-c3ccccc3)ncc2c(=O)[nH]1.CNOC.COc1nc(C(=O)N(C)OC)cn2c(-c3ccccc3)ncc12.COc1nc(C(C)=O)cn2c(-c3ccccc3)ncc12.COc1nc(I)cn2c(-c3ccccc3)ncc12.Cl.[CH3-].[Cl-].[Mg+2]. The molecular weight excluding hydrogens is 1360 g/mol. The number of nitrogens with one attached hydrogen (secondary N) is 2. The second-order valence-corrected chi connectivity index (χ2v) is 20.1. The molecule has 1 aliphatic rings. The van der Waals surface area contributed by atoms with Crippen molar-refractivity contribution in [3.05, 3.63) is 209 Å².